The van der Waals surface area contributed by atoms with Crippen LogP contribution < -0.4 is 5.32 Å². The summed E-state index contributed by atoms with van der Waals surface area (Å²) in [6.45, 7) is 3.39. The number of imidazole rings is 1. The average molecular weight is 449 g/mol. The van der Waals surface area contributed by atoms with Gasteiger partial charge in [-0.2, -0.15) is 15.5 Å². The van der Waals surface area contributed by atoms with Crippen LogP contribution in [0.2, 0.25) is 0 Å². The summed E-state index contributed by atoms with van der Waals surface area (Å²) in [6.07, 6.45) is 2.04. The van der Waals surface area contributed by atoms with Crippen LogP contribution in [0.3, 0.4) is 0 Å². The molecule has 1 aromatic carbocycles. The lowest BCUT2D eigenvalue weighted by atomic mass is 10.1. The second kappa shape index (κ2) is 8.55. The molecule has 0 aliphatic rings. The Morgan fingerprint density at radius 1 is 1.15 bits per heavy atom. The molecule has 0 aliphatic heterocycles. The van der Waals surface area contributed by atoms with Gasteiger partial charge in [-0.25, -0.2) is 9.97 Å². The van der Waals surface area contributed by atoms with Crippen molar-refractivity contribution in [3.05, 3.63) is 83.2 Å². The molecule has 0 fully saturated rings. The zero-order chi connectivity index (χ0) is 23.7. The first-order chi connectivity index (χ1) is 16.5. The van der Waals surface area contributed by atoms with Crippen LogP contribution in [0.1, 0.15) is 40.1 Å². The number of pyridine rings is 1. The highest BCUT2D eigenvalue weighted by Gasteiger charge is 2.15. The Hall–Kier alpha value is -4.91. The maximum Gasteiger partial charge on any atom is 0.162 e. The summed E-state index contributed by atoms with van der Waals surface area (Å²) in [5, 5.41) is 27.2. The Labute approximate surface area is 194 Å². The quantitative estimate of drug-likeness (QED) is 0.375. The molecule has 10 heteroatoms. The summed E-state index contributed by atoms with van der Waals surface area (Å²) in [5.74, 6) is 1.20. The van der Waals surface area contributed by atoms with Crippen molar-refractivity contribution in [2.45, 2.75) is 20.3 Å². The number of aromatic amines is 1. The molecule has 4 heterocycles. The zero-order valence-electron chi connectivity index (χ0n) is 18.4. The van der Waals surface area contributed by atoms with Crippen LogP contribution in [0.4, 0.5) is 11.5 Å². The monoisotopic (exact) mass is 449 g/mol. The lowest BCUT2D eigenvalue weighted by Crippen LogP contribution is -2.07. The number of carbonyl (C=O) groups excluding carboxylic acids is 1. The lowest BCUT2D eigenvalue weighted by Gasteiger charge is -2.10. The molecule has 34 heavy (non-hydrogen) atoms. The minimum absolute atomic E-state index is 0.0838. The van der Waals surface area contributed by atoms with Crippen LogP contribution >= 0.6 is 0 Å². The number of fused-ring (bicyclic) bond motifs is 1. The van der Waals surface area contributed by atoms with Gasteiger partial charge in [0.05, 0.1) is 22.4 Å². The molecular weight excluding hydrogens is 430 g/mol. The molecule has 4 aromatic heterocycles. The number of hydrogen-bond acceptors (Lipinski definition) is 8. The van der Waals surface area contributed by atoms with Gasteiger partial charge >= 0.3 is 0 Å². The molecule has 0 saturated heterocycles. The van der Waals surface area contributed by atoms with E-state index < -0.39 is 0 Å². The third kappa shape index (κ3) is 4.10. The number of aryl methyl sites for hydroxylation is 1. The summed E-state index contributed by atoms with van der Waals surface area (Å²) in [4.78, 5) is 21.5. The molecule has 0 saturated carbocycles. The zero-order valence-corrected chi connectivity index (χ0v) is 18.4. The van der Waals surface area contributed by atoms with E-state index in [1.165, 1.54) is 6.92 Å². The maximum absolute atomic E-state index is 12.2. The minimum atomic E-state index is -0.0838. The lowest BCUT2D eigenvalue weighted by molar-refractivity contribution is 0.101. The van der Waals surface area contributed by atoms with Gasteiger partial charge in [-0.1, -0.05) is 0 Å². The number of nitrogens with zero attached hydrogens (tertiary/aromatic N) is 7. The van der Waals surface area contributed by atoms with E-state index in [1.54, 1.807) is 24.5 Å². The van der Waals surface area contributed by atoms with Gasteiger partial charge in [-0.15, -0.1) is 5.10 Å². The molecular formula is C24H19N9O. The van der Waals surface area contributed by atoms with Crippen LogP contribution in [0.5, 0.6) is 0 Å². The SMILES string of the molecule is CC(=O)c1ccc(-n2cnc3cc(Nc4ccc(C)nn4)ccc32)nc1Cc1cc(C#N)n[nH]1. The molecule has 0 bridgehead atoms. The largest absolute Gasteiger partial charge is 0.339 e. The van der Waals surface area contributed by atoms with E-state index in [2.05, 4.69) is 30.7 Å². The van der Waals surface area contributed by atoms with Crippen molar-refractivity contribution in [3.63, 3.8) is 0 Å². The predicted molar refractivity (Wildman–Crippen MR) is 125 cm³/mol. The molecule has 2 N–H and O–H groups in total. The standard InChI is InChI=1S/C24H19N9O/c1-14-3-7-23(32-29-14)27-16-4-6-22-21(10-16)26-13-33(22)24-8-5-19(15(2)34)20(28-24)11-17-9-18(12-25)31-30-17/h3-10,13H,11H2,1-2H3,(H,27,32)(H,30,31). The van der Waals surface area contributed by atoms with E-state index in [0.29, 0.717) is 35.0 Å². The van der Waals surface area contributed by atoms with Crippen LogP contribution in [0.15, 0.2) is 54.9 Å². The van der Waals surface area contributed by atoms with Crippen LogP contribution in [0, 0.1) is 18.3 Å². The third-order valence-corrected chi connectivity index (χ3v) is 5.31. The first kappa shape index (κ1) is 21.0. The van der Waals surface area contributed by atoms with Gasteiger partial charge < -0.3 is 5.32 Å². The molecule has 5 rings (SSSR count). The molecule has 0 spiro atoms. The van der Waals surface area contributed by atoms with Gasteiger partial charge in [-0.3, -0.25) is 14.5 Å². The van der Waals surface area contributed by atoms with Gasteiger partial charge in [0.15, 0.2) is 17.3 Å². The minimum Gasteiger partial charge on any atom is -0.339 e. The highest BCUT2D eigenvalue weighted by Crippen LogP contribution is 2.24. The second-order valence-corrected chi connectivity index (χ2v) is 7.79. The Morgan fingerprint density at radius 2 is 2.03 bits per heavy atom. The van der Waals surface area contributed by atoms with Gasteiger partial charge in [-0.05, 0) is 62.4 Å². The number of carbonyl (C=O) groups is 1. The number of aromatic nitrogens is 7. The molecule has 0 radical (unpaired) electrons. The maximum atomic E-state index is 12.2. The number of anilines is 2. The van der Waals surface area contributed by atoms with Gasteiger partial charge in [0.1, 0.15) is 18.2 Å². The van der Waals surface area contributed by atoms with Crippen molar-refractivity contribution in [2.75, 3.05) is 5.32 Å². The number of Topliss-reactive ketones (excluding diaryl/α,β-unsaturated/α-hetero) is 1. The highest BCUT2D eigenvalue weighted by molar-refractivity contribution is 5.95. The number of ketones is 1. The molecule has 0 aliphatic carbocycles. The number of nitriles is 1. The first-order valence-electron chi connectivity index (χ1n) is 10.5. The predicted octanol–water partition coefficient (Wildman–Crippen LogP) is 3.65. The fraction of sp³-hybridized carbons (Fsp3) is 0.125. The number of rotatable bonds is 6. The molecule has 10 nitrogen and oxygen atoms in total. The van der Waals surface area contributed by atoms with Gasteiger partial charge in [0, 0.05) is 23.4 Å². The van der Waals surface area contributed by atoms with Crippen molar-refractivity contribution >= 4 is 28.3 Å². The van der Waals surface area contributed by atoms with Gasteiger partial charge in [0.2, 0.25) is 0 Å². The Morgan fingerprint density at radius 3 is 2.76 bits per heavy atom. The van der Waals surface area contributed by atoms with Gasteiger partial charge in [0.25, 0.3) is 0 Å². The van der Waals surface area contributed by atoms with Crippen LogP contribution in [0.25, 0.3) is 16.9 Å². The Kier molecular flexibility index (Phi) is 5.27. The van der Waals surface area contributed by atoms with Crippen molar-refractivity contribution in [1.29, 1.82) is 5.26 Å². The Balaban J connectivity index is 1.48. The van der Waals surface area contributed by atoms with Crippen LogP contribution in [-0.4, -0.2) is 40.7 Å². The van der Waals surface area contributed by atoms with E-state index in [-0.39, 0.29) is 11.5 Å². The number of hydrogen-bond donors (Lipinski definition) is 2. The molecule has 0 amide bonds. The van der Waals surface area contributed by atoms with E-state index in [1.807, 2.05) is 47.9 Å². The molecule has 5 aromatic rings. The molecule has 0 unspecified atom stereocenters. The summed E-state index contributed by atoms with van der Waals surface area (Å²) < 4.78 is 1.87. The highest BCUT2D eigenvalue weighted by atomic mass is 16.1. The Bertz CT molecular complexity index is 1560. The smallest absolute Gasteiger partial charge is 0.162 e. The van der Waals surface area contributed by atoms with Crippen molar-refractivity contribution in [3.8, 4) is 11.9 Å². The third-order valence-electron chi connectivity index (χ3n) is 5.31. The average Bonchev–Trinajstić information content (AvgIpc) is 3.47. The van der Waals surface area contributed by atoms with E-state index in [0.717, 1.165) is 22.4 Å². The fourth-order valence-corrected chi connectivity index (χ4v) is 3.66. The van der Waals surface area contributed by atoms with E-state index in [9.17, 15) is 4.79 Å². The number of nitrogens with one attached hydrogen (secondary N) is 2. The normalized spacial score (nSPS) is 10.9. The van der Waals surface area contributed by atoms with E-state index in [4.69, 9.17) is 10.2 Å². The molecule has 166 valence electrons. The summed E-state index contributed by atoms with van der Waals surface area (Å²) in [6, 6.07) is 16.8. The molecule has 0 atom stereocenters. The van der Waals surface area contributed by atoms with Crippen LogP contribution in [-0.2, 0) is 6.42 Å². The van der Waals surface area contributed by atoms with Crippen molar-refractivity contribution < 1.29 is 4.79 Å². The summed E-state index contributed by atoms with van der Waals surface area (Å²) in [7, 11) is 0. The fourth-order valence-electron chi connectivity index (χ4n) is 3.66. The van der Waals surface area contributed by atoms with E-state index >= 15 is 0 Å². The summed E-state index contributed by atoms with van der Waals surface area (Å²) in [5.41, 5.74) is 5.43. The number of benzene rings is 1. The second-order valence-electron chi connectivity index (χ2n) is 7.79. The number of H-pyrrole nitrogens is 1. The van der Waals surface area contributed by atoms with Crippen molar-refractivity contribution in [2.24, 2.45) is 0 Å². The summed E-state index contributed by atoms with van der Waals surface area (Å²) >= 11 is 0. The van der Waals surface area contributed by atoms with Crippen molar-refractivity contribution in [1.82, 2.24) is 34.9 Å². The topological polar surface area (TPSA) is 138 Å². The first-order valence-corrected chi connectivity index (χ1v) is 10.5.